The molecule has 4 nitrogen and oxygen atoms in total. The third-order valence-corrected chi connectivity index (χ3v) is 2.43. The lowest BCUT2D eigenvalue weighted by Crippen LogP contribution is -2.26. The fourth-order valence-corrected chi connectivity index (χ4v) is 1.18. The summed E-state index contributed by atoms with van der Waals surface area (Å²) in [5.41, 5.74) is 0. The number of aliphatic hydroxyl groups excluding tert-OH is 1. The van der Waals surface area contributed by atoms with Gasteiger partial charge in [0.05, 0.1) is 5.92 Å². The highest BCUT2D eigenvalue weighted by atomic mass is 16.4. The predicted octanol–water partition coefficient (Wildman–Crippen LogP) is 1.18. The van der Waals surface area contributed by atoms with Crippen LogP contribution in [-0.2, 0) is 9.59 Å². The standard InChI is InChI=1S/C9H16O3.CH4O/c1-4-6(2)8(5-10)7(3)9(11)12;1-2/h5-8H,4H2,1-3H3,(H,11,12);2H,1H3. The molecule has 0 aromatic rings. The smallest absolute Gasteiger partial charge is 0.306 e. The number of carboxylic acids is 1. The van der Waals surface area contributed by atoms with Gasteiger partial charge in [-0.25, -0.2) is 0 Å². The van der Waals surface area contributed by atoms with Crippen molar-refractivity contribution in [3.63, 3.8) is 0 Å². The molecular formula is C10H20O4. The summed E-state index contributed by atoms with van der Waals surface area (Å²) in [4.78, 5) is 21.1. The topological polar surface area (TPSA) is 74.6 Å². The molecule has 0 aromatic heterocycles. The lowest BCUT2D eigenvalue weighted by atomic mass is 9.83. The van der Waals surface area contributed by atoms with Crippen LogP contribution < -0.4 is 0 Å². The van der Waals surface area contributed by atoms with E-state index in [1.54, 1.807) is 6.92 Å². The van der Waals surface area contributed by atoms with E-state index < -0.39 is 11.9 Å². The molecule has 0 bridgehead atoms. The summed E-state index contributed by atoms with van der Waals surface area (Å²) >= 11 is 0. The first-order valence-electron chi connectivity index (χ1n) is 4.67. The molecule has 0 amide bonds. The van der Waals surface area contributed by atoms with Gasteiger partial charge in [-0.05, 0) is 5.92 Å². The third-order valence-electron chi connectivity index (χ3n) is 2.43. The lowest BCUT2D eigenvalue weighted by Gasteiger charge is -2.20. The van der Waals surface area contributed by atoms with Crippen molar-refractivity contribution >= 4 is 12.3 Å². The minimum absolute atomic E-state index is 0.147. The highest BCUT2D eigenvalue weighted by Gasteiger charge is 2.26. The van der Waals surface area contributed by atoms with Crippen molar-refractivity contribution in [2.45, 2.75) is 27.2 Å². The number of aliphatic hydroxyl groups is 1. The summed E-state index contributed by atoms with van der Waals surface area (Å²) < 4.78 is 0. The van der Waals surface area contributed by atoms with E-state index in [9.17, 15) is 9.59 Å². The molecule has 0 saturated carbocycles. The van der Waals surface area contributed by atoms with Crippen LogP contribution in [0.25, 0.3) is 0 Å². The van der Waals surface area contributed by atoms with Crippen LogP contribution in [-0.4, -0.2) is 29.6 Å². The van der Waals surface area contributed by atoms with Crippen LogP contribution in [0, 0.1) is 17.8 Å². The first-order chi connectivity index (χ1) is 6.54. The van der Waals surface area contributed by atoms with Gasteiger partial charge < -0.3 is 15.0 Å². The van der Waals surface area contributed by atoms with Gasteiger partial charge in [-0.2, -0.15) is 0 Å². The number of carbonyl (C=O) groups excluding carboxylic acids is 1. The van der Waals surface area contributed by atoms with Gasteiger partial charge in [-0.15, -0.1) is 0 Å². The molecule has 3 atom stereocenters. The van der Waals surface area contributed by atoms with Crippen molar-refractivity contribution in [2.75, 3.05) is 7.11 Å². The van der Waals surface area contributed by atoms with E-state index in [0.717, 1.165) is 19.8 Å². The SMILES string of the molecule is CCC(C)C(C=O)C(C)C(=O)O.CO. The second-order valence-electron chi connectivity index (χ2n) is 3.23. The van der Waals surface area contributed by atoms with E-state index in [1.807, 2.05) is 13.8 Å². The fourth-order valence-electron chi connectivity index (χ4n) is 1.18. The van der Waals surface area contributed by atoms with E-state index in [1.165, 1.54) is 0 Å². The van der Waals surface area contributed by atoms with E-state index >= 15 is 0 Å². The first-order valence-corrected chi connectivity index (χ1v) is 4.67. The van der Waals surface area contributed by atoms with Crippen LogP contribution >= 0.6 is 0 Å². The van der Waals surface area contributed by atoms with Gasteiger partial charge >= 0.3 is 5.97 Å². The molecule has 0 fully saturated rings. The van der Waals surface area contributed by atoms with E-state index in [4.69, 9.17) is 10.2 Å². The van der Waals surface area contributed by atoms with Gasteiger partial charge in [0.1, 0.15) is 6.29 Å². The molecule has 0 spiro atoms. The van der Waals surface area contributed by atoms with Crippen LogP contribution in [0.4, 0.5) is 0 Å². The molecule has 84 valence electrons. The number of aldehydes is 1. The van der Waals surface area contributed by atoms with E-state index in [-0.39, 0.29) is 11.8 Å². The summed E-state index contributed by atoms with van der Waals surface area (Å²) in [6, 6.07) is 0. The zero-order chi connectivity index (χ0) is 11.7. The average Bonchev–Trinajstić information content (AvgIpc) is 2.21. The Morgan fingerprint density at radius 3 is 2.00 bits per heavy atom. The van der Waals surface area contributed by atoms with Crippen molar-refractivity contribution in [1.82, 2.24) is 0 Å². The normalized spacial score (nSPS) is 15.8. The number of rotatable bonds is 5. The number of hydrogen-bond acceptors (Lipinski definition) is 3. The highest BCUT2D eigenvalue weighted by Crippen LogP contribution is 2.21. The Morgan fingerprint density at radius 1 is 1.36 bits per heavy atom. The Labute approximate surface area is 84.9 Å². The monoisotopic (exact) mass is 204 g/mol. The Morgan fingerprint density at radius 2 is 1.79 bits per heavy atom. The molecule has 0 rings (SSSR count). The van der Waals surface area contributed by atoms with Crippen LogP contribution in [0.3, 0.4) is 0 Å². The van der Waals surface area contributed by atoms with Crippen molar-refractivity contribution in [1.29, 1.82) is 0 Å². The summed E-state index contributed by atoms with van der Waals surface area (Å²) in [7, 11) is 1.00. The molecule has 0 radical (unpaired) electrons. The zero-order valence-electron chi connectivity index (χ0n) is 9.23. The molecule has 0 aliphatic rings. The van der Waals surface area contributed by atoms with Gasteiger partial charge in [0, 0.05) is 13.0 Å². The molecule has 3 unspecified atom stereocenters. The first kappa shape index (κ1) is 15.6. The van der Waals surface area contributed by atoms with Crippen LogP contribution in [0.5, 0.6) is 0 Å². The lowest BCUT2D eigenvalue weighted by molar-refractivity contribution is -0.145. The van der Waals surface area contributed by atoms with Crippen LogP contribution in [0.2, 0.25) is 0 Å². The number of aliphatic carboxylic acids is 1. The Kier molecular flexibility index (Phi) is 9.66. The zero-order valence-corrected chi connectivity index (χ0v) is 9.23. The summed E-state index contributed by atoms with van der Waals surface area (Å²) in [6.45, 7) is 5.43. The predicted molar refractivity (Wildman–Crippen MR) is 54.0 cm³/mol. The van der Waals surface area contributed by atoms with Gasteiger partial charge in [0.15, 0.2) is 0 Å². The quantitative estimate of drug-likeness (QED) is 0.659. The molecule has 4 heteroatoms. The number of carbonyl (C=O) groups is 2. The summed E-state index contributed by atoms with van der Waals surface area (Å²) in [5.74, 6) is -1.68. The Hall–Kier alpha value is -0.900. The van der Waals surface area contributed by atoms with Crippen molar-refractivity contribution < 1.29 is 19.8 Å². The van der Waals surface area contributed by atoms with Gasteiger partial charge in [-0.3, -0.25) is 4.79 Å². The second-order valence-corrected chi connectivity index (χ2v) is 3.23. The summed E-state index contributed by atoms with van der Waals surface area (Å²) in [5, 5.41) is 15.7. The summed E-state index contributed by atoms with van der Waals surface area (Å²) in [6.07, 6.45) is 1.59. The van der Waals surface area contributed by atoms with Gasteiger partial charge in [0.2, 0.25) is 0 Å². The number of carboxylic acid groups (broad SMARTS) is 1. The van der Waals surface area contributed by atoms with Crippen LogP contribution in [0.1, 0.15) is 27.2 Å². The van der Waals surface area contributed by atoms with Crippen molar-refractivity contribution in [2.24, 2.45) is 17.8 Å². The maximum atomic E-state index is 10.6. The Balaban J connectivity index is 0. The molecule has 0 aliphatic heterocycles. The van der Waals surface area contributed by atoms with Crippen LogP contribution in [0.15, 0.2) is 0 Å². The maximum Gasteiger partial charge on any atom is 0.306 e. The van der Waals surface area contributed by atoms with E-state index in [0.29, 0.717) is 0 Å². The van der Waals surface area contributed by atoms with Crippen molar-refractivity contribution in [3.05, 3.63) is 0 Å². The third kappa shape index (κ3) is 4.97. The Bertz CT molecular complexity index is 168. The molecule has 0 saturated heterocycles. The minimum Gasteiger partial charge on any atom is -0.481 e. The fraction of sp³-hybridized carbons (Fsp3) is 0.800. The molecule has 0 aliphatic carbocycles. The van der Waals surface area contributed by atoms with Crippen molar-refractivity contribution in [3.8, 4) is 0 Å². The van der Waals surface area contributed by atoms with Gasteiger partial charge in [-0.1, -0.05) is 27.2 Å². The molecule has 0 aromatic carbocycles. The molecule has 0 heterocycles. The maximum absolute atomic E-state index is 10.6. The average molecular weight is 204 g/mol. The van der Waals surface area contributed by atoms with E-state index in [2.05, 4.69) is 0 Å². The largest absolute Gasteiger partial charge is 0.481 e. The van der Waals surface area contributed by atoms with Gasteiger partial charge in [0.25, 0.3) is 0 Å². The molecule has 2 N–H and O–H groups in total. The molecule has 14 heavy (non-hydrogen) atoms. The minimum atomic E-state index is -0.896. The molecular weight excluding hydrogens is 184 g/mol. The second kappa shape index (κ2) is 8.69. The highest BCUT2D eigenvalue weighted by molar-refractivity contribution is 5.74. The number of hydrogen-bond donors (Lipinski definition) is 2.